The number of aliphatic hydroxyl groups is 1. The number of hydrogen-bond donors (Lipinski definition) is 1. The van der Waals surface area contributed by atoms with E-state index in [9.17, 15) is 9.32 Å². The molecule has 1 aromatic carbocycles. The normalized spacial score (nSPS) is 13.7. The Kier molecular flexibility index (Phi) is 5.75. The summed E-state index contributed by atoms with van der Waals surface area (Å²) in [7, 11) is 0. The first-order chi connectivity index (χ1) is 8.22. The Morgan fingerprint density at radius 1 is 1.47 bits per heavy atom. The van der Waals surface area contributed by atoms with Gasteiger partial charge in [0.1, 0.15) is 0 Å². The van der Waals surface area contributed by atoms with Crippen molar-refractivity contribution in [2.75, 3.05) is 0 Å². The molecule has 3 nitrogen and oxygen atoms in total. The van der Waals surface area contributed by atoms with Crippen molar-refractivity contribution in [2.45, 2.75) is 37.5 Å². The van der Waals surface area contributed by atoms with Gasteiger partial charge in [0, 0.05) is 16.2 Å². The molecule has 0 aromatic heterocycles. The Bertz CT molecular complexity index is 414. The Morgan fingerprint density at radius 2 is 2.18 bits per heavy atom. The number of nitriles is 1. The van der Waals surface area contributed by atoms with Crippen molar-refractivity contribution in [3.8, 4) is 6.07 Å². The molecule has 4 heteroatoms. The predicted molar refractivity (Wildman–Crippen MR) is 67.3 cm³/mol. The monoisotopic (exact) mass is 250 g/mol. The summed E-state index contributed by atoms with van der Waals surface area (Å²) >= 11 is 0.585. The van der Waals surface area contributed by atoms with Crippen molar-refractivity contribution < 1.29 is 9.32 Å². The quantitative estimate of drug-likeness (QED) is 0.790. The molecule has 1 N–H and O–H groups in total. The number of rotatable bonds is 6. The molecule has 1 aromatic rings. The van der Waals surface area contributed by atoms with Gasteiger partial charge in [0.15, 0.2) is 0 Å². The Labute approximate surface area is 106 Å². The fourth-order valence-electron chi connectivity index (χ4n) is 1.70. The summed E-state index contributed by atoms with van der Waals surface area (Å²) in [4.78, 5) is 0. The van der Waals surface area contributed by atoms with E-state index in [1.165, 1.54) is 0 Å². The Hall–Kier alpha value is -1.31. The second-order valence-electron chi connectivity index (χ2n) is 3.92. The average Bonchev–Trinajstić information content (AvgIpc) is 2.36. The van der Waals surface area contributed by atoms with Gasteiger partial charge in [0.05, 0.1) is 18.6 Å². The number of benzene rings is 1. The maximum absolute atomic E-state index is 11.0. The topological polar surface area (TPSA) is 61.1 Å². The first-order valence-electron chi connectivity index (χ1n) is 5.66. The van der Waals surface area contributed by atoms with E-state index < -0.39 is 6.10 Å². The molecule has 17 heavy (non-hydrogen) atoms. The standard InChI is InChI=1S/C13H16NO2S/c1-2-4-13(17-16)11-6-3-5-10(9-11)12(15)7-8-14/h3,5-6,9,12-13,15H,2,4,7H2,1H3/q+1. The highest BCUT2D eigenvalue weighted by Crippen LogP contribution is 2.25. The molecule has 0 bridgehead atoms. The van der Waals surface area contributed by atoms with E-state index in [0.29, 0.717) is 17.2 Å². The van der Waals surface area contributed by atoms with E-state index >= 15 is 0 Å². The third-order valence-corrected chi connectivity index (χ3v) is 3.36. The van der Waals surface area contributed by atoms with E-state index in [1.807, 2.05) is 31.2 Å². The second kappa shape index (κ2) is 7.10. The summed E-state index contributed by atoms with van der Waals surface area (Å²) in [6, 6.07) is 9.27. The zero-order valence-corrected chi connectivity index (χ0v) is 10.6. The molecule has 0 spiro atoms. The van der Waals surface area contributed by atoms with Crippen molar-refractivity contribution in [1.29, 1.82) is 5.26 Å². The molecule has 0 aliphatic heterocycles. The van der Waals surface area contributed by atoms with Crippen LogP contribution in [0.5, 0.6) is 0 Å². The zero-order valence-electron chi connectivity index (χ0n) is 9.80. The first-order valence-corrected chi connectivity index (χ1v) is 6.46. The molecule has 0 heterocycles. The molecule has 0 saturated heterocycles. The van der Waals surface area contributed by atoms with Gasteiger partial charge in [-0.2, -0.15) is 5.26 Å². The highest BCUT2D eigenvalue weighted by molar-refractivity contribution is 7.65. The summed E-state index contributed by atoms with van der Waals surface area (Å²) < 4.78 is 11.0. The molecule has 90 valence electrons. The fraction of sp³-hybridized carbons (Fsp3) is 0.462. The van der Waals surface area contributed by atoms with Gasteiger partial charge in [0.25, 0.3) is 5.25 Å². The lowest BCUT2D eigenvalue weighted by atomic mass is 10.0. The molecule has 0 radical (unpaired) electrons. The first kappa shape index (κ1) is 13.8. The maximum Gasteiger partial charge on any atom is 0.467 e. The van der Waals surface area contributed by atoms with Gasteiger partial charge in [-0.1, -0.05) is 31.5 Å². The van der Waals surface area contributed by atoms with Crippen LogP contribution in [0.25, 0.3) is 0 Å². The Morgan fingerprint density at radius 3 is 2.76 bits per heavy atom. The van der Waals surface area contributed by atoms with Crippen molar-refractivity contribution in [2.24, 2.45) is 0 Å². The third kappa shape index (κ3) is 3.88. The summed E-state index contributed by atoms with van der Waals surface area (Å²) in [6.07, 6.45) is 1.09. The highest BCUT2D eigenvalue weighted by atomic mass is 32.1. The molecule has 0 fully saturated rings. The predicted octanol–water partition coefficient (Wildman–Crippen LogP) is 2.90. The second-order valence-corrected chi connectivity index (χ2v) is 4.68. The van der Waals surface area contributed by atoms with Gasteiger partial charge in [-0.3, -0.25) is 0 Å². The largest absolute Gasteiger partial charge is 0.467 e. The smallest absolute Gasteiger partial charge is 0.387 e. The third-order valence-electron chi connectivity index (χ3n) is 2.62. The molecule has 1 rings (SSSR count). The number of aliphatic hydroxyl groups excluding tert-OH is 1. The SMILES string of the molecule is CCCC([S+]=O)c1cccc(C(O)CC#N)c1. The van der Waals surface area contributed by atoms with E-state index in [0.717, 1.165) is 18.4 Å². The summed E-state index contributed by atoms with van der Waals surface area (Å²) in [6.45, 7) is 2.04. The highest BCUT2D eigenvalue weighted by Gasteiger charge is 2.23. The number of hydrogen-bond acceptors (Lipinski definition) is 3. The van der Waals surface area contributed by atoms with E-state index in [1.54, 1.807) is 6.07 Å². The summed E-state index contributed by atoms with van der Waals surface area (Å²) in [5.74, 6) is 0. The van der Waals surface area contributed by atoms with Crippen LogP contribution in [0.1, 0.15) is 48.7 Å². The van der Waals surface area contributed by atoms with Crippen molar-refractivity contribution >= 4 is 11.7 Å². The van der Waals surface area contributed by atoms with Crippen LogP contribution in [0.4, 0.5) is 0 Å². The minimum Gasteiger partial charge on any atom is -0.387 e. The van der Waals surface area contributed by atoms with Gasteiger partial charge < -0.3 is 5.11 Å². The molecule has 0 aliphatic carbocycles. The summed E-state index contributed by atoms with van der Waals surface area (Å²) in [5, 5.41) is 18.2. The molecule has 2 atom stereocenters. The van der Waals surface area contributed by atoms with E-state index in [2.05, 4.69) is 0 Å². The van der Waals surface area contributed by atoms with Crippen molar-refractivity contribution in [1.82, 2.24) is 0 Å². The van der Waals surface area contributed by atoms with Crippen LogP contribution in [-0.2, 0) is 15.9 Å². The molecule has 0 amide bonds. The maximum atomic E-state index is 11.0. The van der Waals surface area contributed by atoms with Crippen molar-refractivity contribution in [3.05, 3.63) is 35.4 Å². The zero-order chi connectivity index (χ0) is 12.7. The van der Waals surface area contributed by atoms with E-state index in [4.69, 9.17) is 5.26 Å². The fourth-order valence-corrected chi connectivity index (χ4v) is 2.29. The van der Waals surface area contributed by atoms with Gasteiger partial charge in [0.2, 0.25) is 0 Å². The lowest BCUT2D eigenvalue weighted by Gasteiger charge is -2.08. The lowest BCUT2D eigenvalue weighted by Crippen LogP contribution is -2.00. The van der Waals surface area contributed by atoms with Crippen LogP contribution in [0.15, 0.2) is 24.3 Å². The summed E-state index contributed by atoms with van der Waals surface area (Å²) in [5.41, 5.74) is 1.64. The van der Waals surface area contributed by atoms with Crippen LogP contribution in [-0.4, -0.2) is 5.11 Å². The van der Waals surface area contributed by atoms with Crippen LogP contribution in [0.3, 0.4) is 0 Å². The molecular formula is C13H16NO2S+. The van der Waals surface area contributed by atoms with Gasteiger partial charge in [-0.05, 0) is 11.6 Å². The minimum atomic E-state index is -0.765. The van der Waals surface area contributed by atoms with Gasteiger partial charge in [-0.25, -0.2) is 0 Å². The molecule has 0 saturated carbocycles. The van der Waals surface area contributed by atoms with Crippen LogP contribution in [0, 0.1) is 11.3 Å². The van der Waals surface area contributed by atoms with E-state index in [-0.39, 0.29) is 11.7 Å². The minimum absolute atomic E-state index is 0.0748. The van der Waals surface area contributed by atoms with Crippen LogP contribution in [0.2, 0.25) is 0 Å². The van der Waals surface area contributed by atoms with Crippen LogP contribution >= 0.6 is 0 Å². The Balaban J connectivity index is 2.91. The van der Waals surface area contributed by atoms with Crippen LogP contribution < -0.4 is 0 Å². The molecular weight excluding hydrogens is 234 g/mol. The lowest BCUT2D eigenvalue weighted by molar-refractivity contribution is 0.183. The van der Waals surface area contributed by atoms with Gasteiger partial charge in [-0.15, -0.1) is 0 Å². The van der Waals surface area contributed by atoms with Gasteiger partial charge >= 0.3 is 11.7 Å². The number of nitrogens with zero attached hydrogens (tertiary/aromatic N) is 1. The molecule has 0 aliphatic rings. The average molecular weight is 250 g/mol. The van der Waals surface area contributed by atoms with Crippen molar-refractivity contribution in [3.63, 3.8) is 0 Å². The molecule has 2 unspecified atom stereocenters.